The van der Waals surface area contributed by atoms with Crippen LogP contribution in [0.3, 0.4) is 0 Å². The van der Waals surface area contributed by atoms with E-state index in [1.54, 1.807) is 0 Å². The van der Waals surface area contributed by atoms with Crippen molar-refractivity contribution in [1.29, 1.82) is 0 Å². The summed E-state index contributed by atoms with van der Waals surface area (Å²) < 4.78 is 29.4. The van der Waals surface area contributed by atoms with E-state index in [9.17, 15) is 13.6 Å². The van der Waals surface area contributed by atoms with E-state index in [1.165, 1.54) is 63.5 Å². The topological polar surface area (TPSA) is 17.1 Å². The molecule has 174 valence electrons. The molecule has 1 aromatic carbocycles. The lowest BCUT2D eigenvalue weighted by molar-refractivity contribution is 0.0971. The molecule has 0 amide bonds. The van der Waals surface area contributed by atoms with Crippen molar-refractivity contribution in [3.63, 3.8) is 0 Å². The van der Waals surface area contributed by atoms with Crippen molar-refractivity contribution in [3.8, 4) is 0 Å². The van der Waals surface area contributed by atoms with Crippen molar-refractivity contribution in [3.05, 3.63) is 34.9 Å². The molecule has 2 saturated carbocycles. The van der Waals surface area contributed by atoms with Gasteiger partial charge in [0.25, 0.3) is 0 Å². The minimum absolute atomic E-state index is 0.227. The van der Waals surface area contributed by atoms with Gasteiger partial charge < -0.3 is 0 Å². The van der Waals surface area contributed by atoms with Gasteiger partial charge in [-0.05, 0) is 86.3 Å². The Balaban J connectivity index is 1.53. The molecule has 31 heavy (non-hydrogen) atoms. The molecular weight excluding hydrogens is 390 g/mol. The van der Waals surface area contributed by atoms with Crippen LogP contribution in [0.1, 0.15) is 132 Å². The molecule has 2 aliphatic rings. The first-order valence-electron chi connectivity index (χ1n) is 13.1. The van der Waals surface area contributed by atoms with Gasteiger partial charge in [0.1, 0.15) is 11.6 Å². The molecule has 0 N–H and O–H groups in total. The van der Waals surface area contributed by atoms with Gasteiger partial charge in [-0.2, -0.15) is 0 Å². The van der Waals surface area contributed by atoms with Gasteiger partial charge >= 0.3 is 0 Å². The number of hydrogen-bond donors (Lipinski definition) is 0. The lowest BCUT2D eigenvalue weighted by Gasteiger charge is -2.38. The van der Waals surface area contributed by atoms with Crippen LogP contribution < -0.4 is 0 Å². The van der Waals surface area contributed by atoms with E-state index >= 15 is 0 Å². The summed E-state index contributed by atoms with van der Waals surface area (Å²) in [6.07, 6.45) is 16.6. The standard InChI is InChI=1S/C28H42F2O/c1-3-5-6-7-9-27(31)28-25(29)18-24(19-26(28)30)23-16-14-22(15-17-23)21-12-10-20(8-4-2)11-13-21/h18-23H,3-17H2,1-2H3. The zero-order valence-corrected chi connectivity index (χ0v) is 19.7. The average Bonchev–Trinajstić information content (AvgIpc) is 2.77. The van der Waals surface area contributed by atoms with Crippen molar-refractivity contribution in [2.45, 2.75) is 116 Å². The van der Waals surface area contributed by atoms with E-state index in [2.05, 4.69) is 13.8 Å². The minimum Gasteiger partial charge on any atom is -0.294 e. The summed E-state index contributed by atoms with van der Waals surface area (Å²) in [5.41, 5.74) is 0.431. The fourth-order valence-corrected chi connectivity index (χ4v) is 6.21. The van der Waals surface area contributed by atoms with Crippen molar-refractivity contribution in [2.24, 2.45) is 17.8 Å². The highest BCUT2D eigenvalue weighted by atomic mass is 19.1. The van der Waals surface area contributed by atoms with Gasteiger partial charge in [-0.25, -0.2) is 8.78 Å². The van der Waals surface area contributed by atoms with Gasteiger partial charge in [0.15, 0.2) is 5.78 Å². The van der Waals surface area contributed by atoms with Crippen LogP contribution in [0.2, 0.25) is 0 Å². The summed E-state index contributed by atoms with van der Waals surface area (Å²) >= 11 is 0. The van der Waals surface area contributed by atoms with E-state index in [0.717, 1.165) is 55.4 Å². The number of hydrogen-bond acceptors (Lipinski definition) is 1. The van der Waals surface area contributed by atoms with Gasteiger partial charge in [0, 0.05) is 6.42 Å². The molecule has 0 unspecified atom stereocenters. The predicted molar refractivity (Wildman–Crippen MR) is 125 cm³/mol. The fourth-order valence-electron chi connectivity index (χ4n) is 6.21. The molecule has 3 rings (SSSR count). The van der Waals surface area contributed by atoms with Gasteiger partial charge in [-0.3, -0.25) is 4.79 Å². The fraction of sp³-hybridized carbons (Fsp3) is 0.750. The first-order valence-corrected chi connectivity index (χ1v) is 13.1. The Hall–Kier alpha value is -1.25. The van der Waals surface area contributed by atoms with Gasteiger partial charge in [-0.1, -0.05) is 58.8 Å². The summed E-state index contributed by atoms with van der Waals surface area (Å²) in [5, 5.41) is 0. The Labute approximate surface area is 188 Å². The summed E-state index contributed by atoms with van der Waals surface area (Å²) in [6, 6.07) is 2.90. The smallest absolute Gasteiger partial charge is 0.168 e. The number of benzene rings is 1. The summed E-state index contributed by atoms with van der Waals surface area (Å²) in [7, 11) is 0. The molecule has 1 nitrogen and oxygen atoms in total. The van der Waals surface area contributed by atoms with E-state index in [4.69, 9.17) is 0 Å². The Bertz CT molecular complexity index is 674. The predicted octanol–water partition coefficient (Wildman–Crippen LogP) is 9.00. The molecule has 0 spiro atoms. The summed E-state index contributed by atoms with van der Waals surface area (Å²) in [5.74, 6) is 1.10. The molecule has 3 heteroatoms. The Kier molecular flexibility index (Phi) is 9.53. The highest BCUT2D eigenvalue weighted by Gasteiger charge is 2.32. The number of ketones is 1. The van der Waals surface area contributed by atoms with Crippen LogP contribution in [0.15, 0.2) is 12.1 Å². The lowest BCUT2D eigenvalue weighted by Crippen LogP contribution is -2.25. The first kappa shape index (κ1) is 24.4. The Morgan fingerprint density at radius 3 is 1.94 bits per heavy atom. The zero-order valence-electron chi connectivity index (χ0n) is 19.7. The van der Waals surface area contributed by atoms with Crippen molar-refractivity contribution in [2.75, 3.05) is 0 Å². The Morgan fingerprint density at radius 1 is 0.806 bits per heavy atom. The normalized spacial score (nSPS) is 26.7. The first-order chi connectivity index (χ1) is 15.0. The van der Waals surface area contributed by atoms with E-state index < -0.39 is 11.6 Å². The molecule has 2 aliphatic carbocycles. The molecule has 0 radical (unpaired) electrons. The van der Waals surface area contributed by atoms with Gasteiger partial charge in [0.2, 0.25) is 0 Å². The largest absolute Gasteiger partial charge is 0.294 e. The number of halogens is 2. The van der Waals surface area contributed by atoms with Crippen LogP contribution in [0.4, 0.5) is 8.78 Å². The molecule has 0 aromatic heterocycles. The van der Waals surface area contributed by atoms with Crippen LogP contribution in [0, 0.1) is 29.4 Å². The molecular formula is C28H42F2O. The number of carbonyl (C=O) groups is 1. The third-order valence-corrected chi connectivity index (χ3v) is 8.10. The number of carbonyl (C=O) groups excluding carboxylic acids is 1. The van der Waals surface area contributed by atoms with Gasteiger partial charge in [-0.15, -0.1) is 0 Å². The van der Waals surface area contributed by atoms with Crippen LogP contribution in [0.25, 0.3) is 0 Å². The molecule has 2 fully saturated rings. The SMILES string of the molecule is CCCCCCC(=O)c1c(F)cc(C2CCC(C3CCC(CCC)CC3)CC2)cc1F. The summed E-state index contributed by atoms with van der Waals surface area (Å²) in [4.78, 5) is 12.3. The third-order valence-electron chi connectivity index (χ3n) is 8.10. The molecule has 0 aliphatic heterocycles. The maximum Gasteiger partial charge on any atom is 0.168 e. The van der Waals surface area contributed by atoms with E-state index in [0.29, 0.717) is 6.42 Å². The second-order valence-corrected chi connectivity index (χ2v) is 10.3. The zero-order chi connectivity index (χ0) is 22.2. The van der Waals surface area contributed by atoms with Crippen molar-refractivity contribution >= 4 is 5.78 Å². The Morgan fingerprint density at radius 2 is 1.39 bits per heavy atom. The monoisotopic (exact) mass is 432 g/mol. The molecule has 1 aromatic rings. The second-order valence-electron chi connectivity index (χ2n) is 10.3. The van der Waals surface area contributed by atoms with E-state index in [-0.39, 0.29) is 23.7 Å². The lowest BCUT2D eigenvalue weighted by atomic mass is 9.68. The number of unbranched alkanes of at least 4 members (excludes halogenated alkanes) is 3. The van der Waals surface area contributed by atoms with E-state index in [1.807, 2.05) is 0 Å². The summed E-state index contributed by atoms with van der Waals surface area (Å²) in [6.45, 7) is 4.39. The maximum absolute atomic E-state index is 14.7. The third kappa shape index (κ3) is 6.62. The van der Waals surface area contributed by atoms with Crippen LogP contribution in [0.5, 0.6) is 0 Å². The van der Waals surface area contributed by atoms with Crippen LogP contribution >= 0.6 is 0 Å². The van der Waals surface area contributed by atoms with Crippen LogP contribution in [-0.4, -0.2) is 5.78 Å². The van der Waals surface area contributed by atoms with Crippen molar-refractivity contribution in [1.82, 2.24) is 0 Å². The van der Waals surface area contributed by atoms with Crippen LogP contribution in [-0.2, 0) is 0 Å². The highest BCUT2D eigenvalue weighted by molar-refractivity contribution is 5.96. The average molecular weight is 433 g/mol. The van der Waals surface area contributed by atoms with Gasteiger partial charge in [0.05, 0.1) is 5.56 Å². The molecule has 0 heterocycles. The maximum atomic E-state index is 14.7. The number of rotatable bonds is 10. The second kappa shape index (κ2) is 12.1. The van der Waals surface area contributed by atoms with Crippen molar-refractivity contribution < 1.29 is 13.6 Å². The highest BCUT2D eigenvalue weighted by Crippen LogP contribution is 2.44. The number of Topliss-reactive ketones (excluding diaryl/α,β-unsaturated/α-hetero) is 1. The quantitative estimate of drug-likeness (QED) is 0.266. The minimum atomic E-state index is -0.660. The molecule has 0 saturated heterocycles. The molecule has 0 bridgehead atoms. The molecule has 0 atom stereocenters.